The summed E-state index contributed by atoms with van der Waals surface area (Å²) >= 11 is 0. The molecule has 2 aliphatic heterocycles. The van der Waals surface area contributed by atoms with Gasteiger partial charge in [-0.3, -0.25) is 9.69 Å². The minimum atomic E-state index is -3.68. The summed E-state index contributed by atoms with van der Waals surface area (Å²) in [5, 5.41) is 0.00180. The molecule has 1 aromatic heterocycles. The Morgan fingerprint density at radius 3 is 2.56 bits per heavy atom. The molecule has 27 heavy (non-hydrogen) atoms. The molecule has 3 amide bonds. The monoisotopic (exact) mass is 389 g/mol. The number of sulfonamides is 1. The number of rotatable bonds is 3. The van der Waals surface area contributed by atoms with E-state index in [2.05, 4.69) is 9.98 Å². The lowest BCUT2D eigenvalue weighted by Gasteiger charge is -2.38. The van der Waals surface area contributed by atoms with Crippen LogP contribution in [0.2, 0.25) is 0 Å². The van der Waals surface area contributed by atoms with Crippen LogP contribution in [-0.4, -0.2) is 64.0 Å². The number of hydrogen-bond donors (Lipinski definition) is 0. The van der Waals surface area contributed by atoms with Gasteiger partial charge in [0.1, 0.15) is 0 Å². The second-order valence-corrected chi connectivity index (χ2v) is 8.65. The van der Waals surface area contributed by atoms with Gasteiger partial charge < -0.3 is 4.57 Å². The zero-order chi connectivity index (χ0) is 19.2. The van der Waals surface area contributed by atoms with Crippen molar-refractivity contribution in [3.63, 3.8) is 0 Å². The van der Waals surface area contributed by atoms with Crippen LogP contribution in [0.1, 0.15) is 12.8 Å². The van der Waals surface area contributed by atoms with Crippen LogP contribution in [0.15, 0.2) is 46.8 Å². The van der Waals surface area contributed by atoms with E-state index in [1.54, 1.807) is 35.9 Å². The van der Waals surface area contributed by atoms with Gasteiger partial charge in [-0.15, -0.1) is 0 Å². The molecular weight excluding hydrogens is 370 g/mol. The van der Waals surface area contributed by atoms with E-state index < -0.39 is 22.0 Å². The van der Waals surface area contributed by atoms with Crippen LogP contribution >= 0.6 is 0 Å². The minimum Gasteiger partial charge on any atom is -0.339 e. The van der Waals surface area contributed by atoms with Gasteiger partial charge in [0.05, 0.1) is 18.0 Å². The standard InChI is InChI=1S/C17H19N5O4S/c1-20-10-15(18-11-20)27(25,26)21-8-6-12(7-9-21)22-16(23)13-4-2-3-5-14(13)19-17(22)24/h2-5,10-13H,6-9H2,1H3. The van der Waals surface area contributed by atoms with Gasteiger partial charge in [-0.25, -0.2) is 18.2 Å². The summed E-state index contributed by atoms with van der Waals surface area (Å²) < 4.78 is 28.3. The first-order valence-corrected chi connectivity index (χ1v) is 10.1. The number of fused-ring (bicyclic) bond motifs is 1. The third-order valence-electron chi connectivity index (χ3n) is 5.01. The number of imide groups is 1. The van der Waals surface area contributed by atoms with Gasteiger partial charge in [-0.2, -0.15) is 9.30 Å². The van der Waals surface area contributed by atoms with Gasteiger partial charge in [0.2, 0.25) is 5.91 Å². The largest absolute Gasteiger partial charge is 0.350 e. The molecule has 9 nitrogen and oxygen atoms in total. The number of aliphatic imine (C=N–C) groups is 1. The van der Waals surface area contributed by atoms with Crippen LogP contribution in [0.25, 0.3) is 0 Å². The fourth-order valence-corrected chi connectivity index (χ4v) is 5.02. The lowest BCUT2D eigenvalue weighted by atomic mass is 9.93. The maximum Gasteiger partial charge on any atom is 0.350 e. The number of imidazole rings is 1. The summed E-state index contributed by atoms with van der Waals surface area (Å²) in [6, 6.07) is -0.929. The first kappa shape index (κ1) is 17.8. The fourth-order valence-electron chi connectivity index (χ4n) is 3.59. The predicted molar refractivity (Wildman–Crippen MR) is 96.4 cm³/mol. The highest BCUT2D eigenvalue weighted by Crippen LogP contribution is 2.27. The lowest BCUT2D eigenvalue weighted by Crippen LogP contribution is -2.54. The number of allylic oxidation sites excluding steroid dienone is 3. The van der Waals surface area contributed by atoms with Crippen LogP contribution in [0, 0.1) is 5.92 Å². The highest BCUT2D eigenvalue weighted by molar-refractivity contribution is 7.89. The van der Waals surface area contributed by atoms with Crippen molar-refractivity contribution >= 4 is 27.7 Å². The van der Waals surface area contributed by atoms with Crippen LogP contribution in [0.4, 0.5) is 4.79 Å². The van der Waals surface area contributed by atoms with Crippen molar-refractivity contribution in [3.8, 4) is 0 Å². The van der Waals surface area contributed by atoms with E-state index in [4.69, 9.17) is 0 Å². The summed E-state index contributed by atoms with van der Waals surface area (Å²) in [5.74, 6) is -0.834. The van der Waals surface area contributed by atoms with Crippen molar-refractivity contribution in [2.45, 2.75) is 23.9 Å². The molecule has 0 bridgehead atoms. The van der Waals surface area contributed by atoms with E-state index in [1.165, 1.54) is 21.7 Å². The number of amides is 3. The Balaban J connectivity index is 1.49. The summed E-state index contributed by atoms with van der Waals surface area (Å²) in [6.45, 7) is 0.440. The molecule has 1 saturated heterocycles. The van der Waals surface area contributed by atoms with E-state index >= 15 is 0 Å². The lowest BCUT2D eigenvalue weighted by molar-refractivity contribution is -0.131. The maximum atomic E-state index is 12.8. The third kappa shape index (κ3) is 3.04. The first-order chi connectivity index (χ1) is 12.9. The van der Waals surface area contributed by atoms with E-state index in [0.717, 1.165) is 0 Å². The number of aryl methyl sites for hydroxylation is 1. The quantitative estimate of drug-likeness (QED) is 0.757. The SMILES string of the molecule is Cn1cnc(S(=O)(=O)N2CCC(N3C(=O)N=C4C=CC=CC4C3=O)CC2)c1. The topological polar surface area (TPSA) is 105 Å². The van der Waals surface area contributed by atoms with Gasteiger partial charge in [0.15, 0.2) is 5.03 Å². The summed E-state index contributed by atoms with van der Waals surface area (Å²) in [4.78, 5) is 34.3. The summed E-state index contributed by atoms with van der Waals surface area (Å²) in [6.07, 6.45) is 10.5. The van der Waals surface area contributed by atoms with Crippen molar-refractivity contribution in [3.05, 3.63) is 36.8 Å². The minimum absolute atomic E-state index is 0.00180. The molecule has 0 N–H and O–H groups in total. The maximum absolute atomic E-state index is 12.8. The van der Waals surface area contributed by atoms with E-state index in [0.29, 0.717) is 18.6 Å². The van der Waals surface area contributed by atoms with Crippen LogP contribution in [0.3, 0.4) is 0 Å². The van der Waals surface area contributed by atoms with Crippen LogP contribution < -0.4 is 0 Å². The highest BCUT2D eigenvalue weighted by Gasteiger charge is 2.42. The number of aromatic nitrogens is 2. The molecule has 0 spiro atoms. The average molecular weight is 389 g/mol. The number of carbonyl (C=O) groups is 2. The molecule has 1 aliphatic carbocycles. The van der Waals surface area contributed by atoms with E-state index in [9.17, 15) is 18.0 Å². The summed E-state index contributed by atoms with van der Waals surface area (Å²) in [5.41, 5.74) is 0.457. The Kier molecular flexibility index (Phi) is 4.31. The number of hydrogen-bond acceptors (Lipinski definition) is 5. The molecular formula is C17H19N5O4S. The number of carbonyl (C=O) groups excluding carboxylic acids is 2. The molecule has 1 unspecified atom stereocenters. The van der Waals surface area contributed by atoms with Crippen molar-refractivity contribution in [1.82, 2.24) is 18.8 Å². The van der Waals surface area contributed by atoms with Gasteiger partial charge in [-0.05, 0) is 18.9 Å². The number of nitrogens with zero attached hydrogens (tertiary/aromatic N) is 5. The smallest absolute Gasteiger partial charge is 0.339 e. The fraction of sp³-hybridized carbons (Fsp3) is 0.412. The molecule has 1 atom stereocenters. The molecule has 0 aromatic carbocycles. The zero-order valence-electron chi connectivity index (χ0n) is 14.7. The molecule has 142 valence electrons. The Morgan fingerprint density at radius 1 is 1.15 bits per heavy atom. The van der Waals surface area contributed by atoms with Crippen molar-refractivity contribution in [2.75, 3.05) is 13.1 Å². The predicted octanol–water partition coefficient (Wildman–Crippen LogP) is 0.719. The average Bonchev–Trinajstić information content (AvgIpc) is 3.09. The first-order valence-electron chi connectivity index (χ1n) is 8.66. The van der Waals surface area contributed by atoms with Gasteiger partial charge in [-0.1, -0.05) is 18.2 Å². The molecule has 3 heterocycles. The molecule has 4 rings (SSSR count). The highest BCUT2D eigenvalue weighted by atomic mass is 32.2. The number of piperidine rings is 1. The number of urea groups is 1. The Bertz CT molecular complexity index is 983. The molecule has 0 radical (unpaired) electrons. The van der Waals surface area contributed by atoms with E-state index in [1.807, 2.05) is 0 Å². The van der Waals surface area contributed by atoms with Crippen LogP contribution in [0.5, 0.6) is 0 Å². The molecule has 10 heteroatoms. The summed E-state index contributed by atoms with van der Waals surface area (Å²) in [7, 11) is -1.97. The normalized spacial score (nSPS) is 24.3. The van der Waals surface area contributed by atoms with Gasteiger partial charge in [0.25, 0.3) is 10.0 Å². The Morgan fingerprint density at radius 2 is 1.89 bits per heavy atom. The van der Waals surface area contributed by atoms with Gasteiger partial charge in [0, 0.05) is 32.4 Å². The van der Waals surface area contributed by atoms with Gasteiger partial charge >= 0.3 is 6.03 Å². The van der Waals surface area contributed by atoms with Crippen molar-refractivity contribution in [1.29, 1.82) is 0 Å². The van der Waals surface area contributed by atoms with E-state index in [-0.39, 0.29) is 30.1 Å². The Hall–Kier alpha value is -2.59. The van der Waals surface area contributed by atoms with Crippen LogP contribution in [-0.2, 0) is 21.9 Å². The van der Waals surface area contributed by atoms with Crippen molar-refractivity contribution in [2.24, 2.45) is 18.0 Å². The second kappa shape index (κ2) is 6.54. The molecule has 1 fully saturated rings. The zero-order valence-corrected chi connectivity index (χ0v) is 15.5. The molecule has 3 aliphatic rings. The third-order valence-corrected chi connectivity index (χ3v) is 6.79. The Labute approximate surface area is 156 Å². The van der Waals surface area contributed by atoms with Crippen molar-refractivity contribution < 1.29 is 18.0 Å². The molecule has 0 saturated carbocycles. The molecule has 1 aromatic rings. The second-order valence-electron chi connectivity index (χ2n) is 6.76.